The van der Waals surface area contributed by atoms with E-state index in [1.165, 1.54) is 19.2 Å². The Morgan fingerprint density at radius 3 is 2.52 bits per heavy atom. The van der Waals surface area contributed by atoms with Gasteiger partial charge >= 0.3 is 0 Å². The molecule has 0 amide bonds. The number of methoxy groups -OCH3 is 1. The van der Waals surface area contributed by atoms with Crippen LogP contribution in [0.1, 0.15) is 0 Å². The molecule has 23 heavy (non-hydrogen) atoms. The summed E-state index contributed by atoms with van der Waals surface area (Å²) >= 11 is 6.05. The van der Waals surface area contributed by atoms with Crippen molar-refractivity contribution in [3.05, 3.63) is 47.6 Å². The Kier molecular flexibility index (Phi) is 3.91. The van der Waals surface area contributed by atoms with Gasteiger partial charge in [0.05, 0.1) is 17.5 Å². The van der Waals surface area contributed by atoms with Crippen LogP contribution >= 0.6 is 11.6 Å². The molecule has 0 bridgehead atoms. The third-order valence-corrected chi connectivity index (χ3v) is 5.10. The number of aromatic nitrogens is 2. The highest BCUT2D eigenvalue weighted by atomic mass is 35.5. The molecule has 3 aromatic rings. The molecular weight excluding hydrogens is 338 g/mol. The Balaban J connectivity index is 1.94. The maximum atomic E-state index is 12.4. The molecule has 0 atom stereocenters. The monoisotopic (exact) mass is 351 g/mol. The average molecular weight is 352 g/mol. The van der Waals surface area contributed by atoms with Crippen molar-refractivity contribution in [2.45, 2.75) is 4.90 Å². The second-order valence-electron chi connectivity index (χ2n) is 4.93. The summed E-state index contributed by atoms with van der Waals surface area (Å²) in [7, 11) is -0.393. The highest BCUT2D eigenvalue weighted by molar-refractivity contribution is 7.92. The van der Waals surface area contributed by atoms with E-state index >= 15 is 0 Å². The van der Waals surface area contributed by atoms with Crippen LogP contribution in [0.3, 0.4) is 0 Å². The number of aryl methyl sites for hydroxylation is 1. The van der Waals surface area contributed by atoms with Crippen LogP contribution in [0.2, 0.25) is 5.15 Å². The van der Waals surface area contributed by atoms with E-state index in [0.717, 1.165) is 5.52 Å². The fraction of sp³-hybridized carbons (Fsp3) is 0.133. The fourth-order valence-corrected chi connectivity index (χ4v) is 3.57. The molecule has 0 spiro atoms. The molecule has 1 N–H and O–H groups in total. The van der Waals surface area contributed by atoms with Crippen LogP contribution in [0.5, 0.6) is 5.75 Å². The minimum absolute atomic E-state index is 0.149. The number of halogens is 1. The van der Waals surface area contributed by atoms with E-state index in [-0.39, 0.29) is 4.90 Å². The quantitative estimate of drug-likeness (QED) is 0.784. The molecule has 0 aliphatic carbocycles. The van der Waals surface area contributed by atoms with Crippen LogP contribution in [-0.2, 0) is 17.1 Å². The van der Waals surface area contributed by atoms with E-state index in [0.29, 0.717) is 22.0 Å². The van der Waals surface area contributed by atoms with Gasteiger partial charge in [-0.05, 0) is 42.5 Å². The molecule has 0 radical (unpaired) electrons. The molecular formula is C15H14ClN3O3S. The molecule has 8 heteroatoms. The first-order valence-corrected chi connectivity index (χ1v) is 8.56. The zero-order valence-electron chi connectivity index (χ0n) is 12.4. The minimum Gasteiger partial charge on any atom is -0.497 e. The molecule has 0 unspecified atom stereocenters. The molecule has 3 rings (SSSR count). The molecule has 1 heterocycles. The van der Waals surface area contributed by atoms with Crippen molar-refractivity contribution < 1.29 is 13.2 Å². The molecule has 0 saturated carbocycles. The summed E-state index contributed by atoms with van der Waals surface area (Å²) in [5.74, 6) is 0.590. The lowest BCUT2D eigenvalue weighted by Crippen LogP contribution is -2.12. The lowest BCUT2D eigenvalue weighted by molar-refractivity contribution is 0.414. The first-order valence-electron chi connectivity index (χ1n) is 6.70. The van der Waals surface area contributed by atoms with Crippen LogP contribution in [-0.4, -0.2) is 25.3 Å². The molecule has 1 aromatic heterocycles. The number of nitrogens with one attached hydrogen (secondary N) is 1. The standard InChI is InChI=1S/C15H14ClN3O3S/c1-19-14-8-3-10(9-13(14)15(16)17-19)18-23(20,21)12-6-4-11(22-2)5-7-12/h3-9,18H,1-2H3. The maximum absolute atomic E-state index is 12.4. The largest absolute Gasteiger partial charge is 0.497 e. The SMILES string of the molecule is COc1ccc(S(=O)(=O)Nc2ccc3c(c2)c(Cl)nn3C)cc1. The third kappa shape index (κ3) is 2.97. The molecule has 0 aliphatic rings. The number of hydrogen-bond acceptors (Lipinski definition) is 4. The topological polar surface area (TPSA) is 73.2 Å². The number of nitrogens with zero attached hydrogens (tertiary/aromatic N) is 2. The van der Waals surface area contributed by atoms with Gasteiger partial charge in [0, 0.05) is 18.1 Å². The number of ether oxygens (including phenoxy) is 1. The van der Waals surface area contributed by atoms with Crippen LogP contribution in [0.25, 0.3) is 10.9 Å². The second kappa shape index (κ2) is 5.75. The van der Waals surface area contributed by atoms with Crippen LogP contribution < -0.4 is 9.46 Å². The summed E-state index contributed by atoms with van der Waals surface area (Å²) in [6.07, 6.45) is 0. The van der Waals surface area contributed by atoms with Gasteiger partial charge < -0.3 is 4.74 Å². The normalized spacial score (nSPS) is 11.6. The van der Waals surface area contributed by atoms with Crippen molar-refractivity contribution in [1.82, 2.24) is 9.78 Å². The molecule has 120 valence electrons. The molecule has 2 aromatic carbocycles. The van der Waals surface area contributed by atoms with E-state index in [4.69, 9.17) is 16.3 Å². The summed E-state index contributed by atoms with van der Waals surface area (Å²) in [5, 5.41) is 5.11. The van der Waals surface area contributed by atoms with Crippen LogP contribution in [0.4, 0.5) is 5.69 Å². The number of sulfonamides is 1. The van der Waals surface area contributed by atoms with Gasteiger partial charge in [-0.25, -0.2) is 8.42 Å². The zero-order valence-corrected chi connectivity index (χ0v) is 14.0. The lowest BCUT2D eigenvalue weighted by Gasteiger charge is -2.09. The second-order valence-corrected chi connectivity index (χ2v) is 6.97. The summed E-state index contributed by atoms with van der Waals surface area (Å²) in [4.78, 5) is 0.149. The van der Waals surface area contributed by atoms with Crippen LogP contribution in [0, 0.1) is 0 Å². The van der Waals surface area contributed by atoms with E-state index in [1.807, 2.05) is 0 Å². The molecule has 0 saturated heterocycles. The van der Waals surface area contributed by atoms with Crippen LogP contribution in [0.15, 0.2) is 47.4 Å². The predicted octanol–water partition coefficient (Wildman–Crippen LogP) is 3.04. The fourth-order valence-electron chi connectivity index (χ4n) is 2.26. The van der Waals surface area contributed by atoms with Crippen molar-refractivity contribution in [2.75, 3.05) is 11.8 Å². The molecule has 0 fully saturated rings. The first-order chi connectivity index (χ1) is 10.9. The molecule has 6 nitrogen and oxygen atoms in total. The molecule has 0 aliphatic heterocycles. The van der Waals surface area contributed by atoms with Crippen molar-refractivity contribution in [3.63, 3.8) is 0 Å². The Bertz CT molecular complexity index is 966. The van der Waals surface area contributed by atoms with E-state index in [1.54, 1.807) is 42.1 Å². The van der Waals surface area contributed by atoms with Gasteiger partial charge in [-0.2, -0.15) is 5.10 Å². The highest BCUT2D eigenvalue weighted by Crippen LogP contribution is 2.27. The Hall–Kier alpha value is -2.25. The van der Waals surface area contributed by atoms with E-state index < -0.39 is 10.0 Å². The predicted molar refractivity (Wildman–Crippen MR) is 89.5 cm³/mol. The van der Waals surface area contributed by atoms with Gasteiger partial charge in [0.15, 0.2) is 5.15 Å². The van der Waals surface area contributed by atoms with Crippen molar-refractivity contribution in [3.8, 4) is 5.75 Å². The number of anilines is 1. The first kappa shape index (κ1) is 15.6. The van der Waals surface area contributed by atoms with Gasteiger partial charge in [0.2, 0.25) is 0 Å². The van der Waals surface area contributed by atoms with Gasteiger partial charge in [0.25, 0.3) is 10.0 Å². The summed E-state index contributed by atoms with van der Waals surface area (Å²) in [6.45, 7) is 0. The van der Waals surface area contributed by atoms with Gasteiger partial charge in [-0.3, -0.25) is 9.40 Å². The number of fused-ring (bicyclic) bond motifs is 1. The zero-order chi connectivity index (χ0) is 16.6. The van der Waals surface area contributed by atoms with E-state index in [2.05, 4.69) is 9.82 Å². The summed E-state index contributed by atoms with van der Waals surface area (Å²) < 4.78 is 34.0. The Labute approximate surface area is 138 Å². The minimum atomic E-state index is -3.69. The van der Waals surface area contributed by atoms with Gasteiger partial charge in [0.1, 0.15) is 5.75 Å². The third-order valence-electron chi connectivity index (χ3n) is 3.43. The van der Waals surface area contributed by atoms with Gasteiger partial charge in [-0.1, -0.05) is 11.6 Å². The van der Waals surface area contributed by atoms with Gasteiger partial charge in [-0.15, -0.1) is 0 Å². The van der Waals surface area contributed by atoms with Crippen molar-refractivity contribution in [2.24, 2.45) is 7.05 Å². The summed E-state index contributed by atoms with van der Waals surface area (Å²) in [6, 6.07) is 11.2. The highest BCUT2D eigenvalue weighted by Gasteiger charge is 2.15. The van der Waals surface area contributed by atoms with Crippen molar-refractivity contribution in [1.29, 1.82) is 0 Å². The number of benzene rings is 2. The number of hydrogen-bond donors (Lipinski definition) is 1. The maximum Gasteiger partial charge on any atom is 0.261 e. The average Bonchev–Trinajstić information content (AvgIpc) is 2.81. The lowest BCUT2D eigenvalue weighted by atomic mass is 10.2. The smallest absolute Gasteiger partial charge is 0.261 e. The Morgan fingerprint density at radius 2 is 1.87 bits per heavy atom. The summed E-state index contributed by atoms with van der Waals surface area (Å²) in [5.41, 5.74) is 1.24. The Morgan fingerprint density at radius 1 is 1.17 bits per heavy atom. The van der Waals surface area contributed by atoms with E-state index in [9.17, 15) is 8.42 Å². The van der Waals surface area contributed by atoms with Crippen molar-refractivity contribution >= 4 is 38.2 Å². The number of rotatable bonds is 4.